The molecular weight excluding hydrogens is 488 g/mol. The molecule has 3 aromatic rings. The summed E-state index contributed by atoms with van der Waals surface area (Å²) in [6, 6.07) is 15.5. The Balaban J connectivity index is 1.55. The Morgan fingerprint density at radius 1 is 1.06 bits per heavy atom. The molecule has 0 N–H and O–H groups in total. The summed E-state index contributed by atoms with van der Waals surface area (Å²) in [4.78, 5) is 14.6. The molecule has 0 radical (unpaired) electrons. The minimum absolute atomic E-state index is 0.0429. The predicted molar refractivity (Wildman–Crippen MR) is 131 cm³/mol. The molecule has 0 spiro atoms. The zero-order chi connectivity index (χ0) is 23.5. The molecule has 1 aliphatic heterocycles. The highest BCUT2D eigenvalue weighted by molar-refractivity contribution is 8.27. The molecule has 1 aliphatic rings. The monoisotopic (exact) mass is 503 g/mol. The predicted octanol–water partition coefficient (Wildman–Crippen LogP) is 6.61. The van der Waals surface area contributed by atoms with Crippen molar-refractivity contribution in [1.29, 1.82) is 0 Å². The first-order valence-electron chi connectivity index (χ1n) is 9.64. The van der Waals surface area contributed by atoms with Gasteiger partial charge in [0.05, 0.1) is 22.7 Å². The Kier molecular flexibility index (Phi) is 6.97. The quantitative estimate of drug-likeness (QED) is 0.279. The number of nitrogens with zero attached hydrogens (tertiary/aromatic N) is 1. The van der Waals surface area contributed by atoms with Crippen molar-refractivity contribution in [1.82, 2.24) is 0 Å². The van der Waals surface area contributed by atoms with Crippen LogP contribution in [0.15, 0.2) is 65.6 Å². The van der Waals surface area contributed by atoms with Gasteiger partial charge in [0.15, 0.2) is 15.8 Å². The number of ether oxygens (including phenoxy) is 2. The number of thioether (sulfide) groups is 1. The highest BCUT2D eigenvalue weighted by Crippen LogP contribution is 2.38. The molecule has 0 unspecified atom stereocenters. The molecular formula is C24H16ClF2NO3S2. The maximum atomic E-state index is 13.8. The average molecular weight is 504 g/mol. The largest absolute Gasteiger partial charge is 0.493 e. The molecule has 0 saturated carbocycles. The van der Waals surface area contributed by atoms with Crippen LogP contribution >= 0.6 is 35.6 Å². The van der Waals surface area contributed by atoms with Crippen molar-refractivity contribution in [3.63, 3.8) is 0 Å². The summed E-state index contributed by atoms with van der Waals surface area (Å²) < 4.78 is 38.8. The van der Waals surface area contributed by atoms with Gasteiger partial charge in [-0.25, -0.2) is 8.78 Å². The molecule has 1 fully saturated rings. The molecule has 0 atom stereocenters. The van der Waals surface area contributed by atoms with Crippen LogP contribution in [0.25, 0.3) is 6.08 Å². The number of amides is 1. The lowest BCUT2D eigenvalue weighted by Crippen LogP contribution is -2.27. The number of methoxy groups -OCH3 is 1. The number of benzene rings is 3. The lowest BCUT2D eigenvalue weighted by atomic mass is 10.1. The van der Waals surface area contributed by atoms with E-state index in [2.05, 4.69) is 0 Å². The highest BCUT2D eigenvalue weighted by atomic mass is 35.5. The molecule has 3 aromatic carbocycles. The summed E-state index contributed by atoms with van der Waals surface area (Å²) in [7, 11) is 1.49. The van der Waals surface area contributed by atoms with Gasteiger partial charge in [-0.2, -0.15) is 0 Å². The number of thiocarbonyl (C=S) groups is 1. The number of halogens is 3. The Morgan fingerprint density at radius 2 is 1.85 bits per heavy atom. The fourth-order valence-corrected chi connectivity index (χ4v) is 4.60. The van der Waals surface area contributed by atoms with Gasteiger partial charge in [0.2, 0.25) is 0 Å². The third kappa shape index (κ3) is 5.03. The van der Waals surface area contributed by atoms with Crippen LogP contribution in [-0.2, 0) is 11.4 Å². The van der Waals surface area contributed by atoms with Crippen molar-refractivity contribution in [2.75, 3.05) is 12.0 Å². The Hall–Kier alpha value is -2.94. The van der Waals surface area contributed by atoms with E-state index in [9.17, 15) is 13.6 Å². The van der Waals surface area contributed by atoms with Crippen LogP contribution in [0.1, 0.15) is 11.1 Å². The first-order chi connectivity index (χ1) is 15.9. The van der Waals surface area contributed by atoms with Gasteiger partial charge in [-0.1, -0.05) is 59.8 Å². The van der Waals surface area contributed by atoms with Crippen molar-refractivity contribution in [3.8, 4) is 11.5 Å². The molecule has 33 heavy (non-hydrogen) atoms. The molecule has 1 amide bonds. The van der Waals surface area contributed by atoms with E-state index in [1.807, 2.05) is 0 Å². The Labute approximate surface area is 203 Å². The lowest BCUT2D eigenvalue weighted by Gasteiger charge is -2.14. The standard InChI is InChI=1S/C24H16ClF2NO3S2/c1-30-21-10-14(6-9-20(21)31-13-15-4-2-3-5-18(15)26)11-22-23(29)28(24(32)33-22)16-7-8-19(27)17(25)12-16/h2-12H,13H2,1H3. The zero-order valence-electron chi connectivity index (χ0n) is 17.2. The number of hydrogen-bond acceptors (Lipinski definition) is 5. The molecule has 0 aliphatic carbocycles. The van der Waals surface area contributed by atoms with E-state index in [1.165, 1.54) is 36.3 Å². The second-order valence-electron chi connectivity index (χ2n) is 6.91. The van der Waals surface area contributed by atoms with Crippen molar-refractivity contribution < 1.29 is 23.0 Å². The Bertz CT molecular complexity index is 1280. The SMILES string of the molecule is COc1cc(C=C2SC(=S)N(c3ccc(F)c(Cl)c3)C2=O)ccc1OCc1ccccc1F. The van der Waals surface area contributed by atoms with Crippen molar-refractivity contribution in [3.05, 3.63) is 93.4 Å². The van der Waals surface area contributed by atoms with Gasteiger partial charge in [0.1, 0.15) is 18.2 Å². The van der Waals surface area contributed by atoms with Gasteiger partial charge in [-0.05, 0) is 48.0 Å². The van der Waals surface area contributed by atoms with Crippen LogP contribution < -0.4 is 14.4 Å². The van der Waals surface area contributed by atoms with Gasteiger partial charge in [0.25, 0.3) is 5.91 Å². The molecule has 1 saturated heterocycles. The fourth-order valence-electron chi connectivity index (χ4n) is 3.13. The van der Waals surface area contributed by atoms with E-state index in [4.69, 9.17) is 33.3 Å². The third-order valence-corrected chi connectivity index (χ3v) is 6.37. The van der Waals surface area contributed by atoms with E-state index in [0.717, 1.165) is 11.8 Å². The van der Waals surface area contributed by atoms with Crippen LogP contribution in [-0.4, -0.2) is 17.3 Å². The van der Waals surface area contributed by atoms with Crippen LogP contribution in [0, 0.1) is 11.6 Å². The van der Waals surface area contributed by atoms with E-state index < -0.39 is 5.82 Å². The molecule has 4 rings (SSSR count). The first kappa shape index (κ1) is 23.2. The number of carbonyl (C=O) groups excluding carboxylic acids is 1. The number of carbonyl (C=O) groups is 1. The van der Waals surface area contributed by atoms with E-state index >= 15 is 0 Å². The molecule has 1 heterocycles. The van der Waals surface area contributed by atoms with Gasteiger partial charge in [0, 0.05) is 5.56 Å². The maximum Gasteiger partial charge on any atom is 0.270 e. The first-order valence-corrected chi connectivity index (χ1v) is 11.2. The summed E-state index contributed by atoms with van der Waals surface area (Å²) in [5.74, 6) is -0.401. The van der Waals surface area contributed by atoms with E-state index in [0.29, 0.717) is 37.5 Å². The topological polar surface area (TPSA) is 38.8 Å². The van der Waals surface area contributed by atoms with Crippen LogP contribution in [0.4, 0.5) is 14.5 Å². The van der Waals surface area contributed by atoms with Gasteiger partial charge < -0.3 is 9.47 Å². The van der Waals surface area contributed by atoms with Crippen molar-refractivity contribution >= 4 is 57.6 Å². The second kappa shape index (κ2) is 9.91. The lowest BCUT2D eigenvalue weighted by molar-refractivity contribution is -0.113. The van der Waals surface area contributed by atoms with Gasteiger partial charge >= 0.3 is 0 Å². The minimum atomic E-state index is -0.578. The van der Waals surface area contributed by atoms with Crippen molar-refractivity contribution in [2.24, 2.45) is 0 Å². The fraction of sp³-hybridized carbons (Fsp3) is 0.0833. The number of hydrogen-bond donors (Lipinski definition) is 0. The molecule has 168 valence electrons. The highest BCUT2D eigenvalue weighted by Gasteiger charge is 2.33. The summed E-state index contributed by atoms with van der Waals surface area (Å²) in [6.07, 6.45) is 1.67. The molecule has 9 heteroatoms. The van der Waals surface area contributed by atoms with Crippen LogP contribution in [0.2, 0.25) is 5.02 Å². The van der Waals surface area contributed by atoms with Crippen LogP contribution in [0.3, 0.4) is 0 Å². The van der Waals surface area contributed by atoms with Crippen LogP contribution in [0.5, 0.6) is 11.5 Å². The zero-order valence-corrected chi connectivity index (χ0v) is 19.6. The molecule has 4 nitrogen and oxygen atoms in total. The molecule has 0 aromatic heterocycles. The smallest absolute Gasteiger partial charge is 0.270 e. The Morgan fingerprint density at radius 3 is 2.58 bits per heavy atom. The number of rotatable bonds is 6. The van der Waals surface area contributed by atoms with E-state index in [1.54, 1.807) is 42.5 Å². The average Bonchev–Trinajstić information content (AvgIpc) is 3.08. The molecule has 0 bridgehead atoms. The van der Waals surface area contributed by atoms with Gasteiger partial charge in [-0.3, -0.25) is 9.69 Å². The van der Waals surface area contributed by atoms with Crippen molar-refractivity contribution in [2.45, 2.75) is 6.61 Å². The summed E-state index contributed by atoms with van der Waals surface area (Å²) >= 11 is 12.3. The maximum absolute atomic E-state index is 13.8. The summed E-state index contributed by atoms with van der Waals surface area (Å²) in [5, 5.41) is -0.0961. The van der Waals surface area contributed by atoms with E-state index in [-0.39, 0.29) is 23.4 Å². The number of anilines is 1. The minimum Gasteiger partial charge on any atom is -0.493 e. The second-order valence-corrected chi connectivity index (χ2v) is 8.99. The summed E-state index contributed by atoms with van der Waals surface area (Å²) in [6.45, 7) is 0.0429. The van der Waals surface area contributed by atoms with Gasteiger partial charge in [-0.15, -0.1) is 0 Å². The third-order valence-electron chi connectivity index (χ3n) is 4.78. The normalized spacial score (nSPS) is 14.8. The summed E-state index contributed by atoms with van der Waals surface area (Å²) in [5.41, 5.74) is 1.50.